The molecule has 1 aromatic heterocycles. The quantitative estimate of drug-likeness (QED) is 0.781. The van der Waals surface area contributed by atoms with Gasteiger partial charge in [-0.25, -0.2) is 4.98 Å². The molecule has 1 aromatic rings. The molecule has 0 radical (unpaired) electrons. The highest BCUT2D eigenvalue weighted by atomic mass is 32.1. The van der Waals surface area contributed by atoms with Gasteiger partial charge in [0.1, 0.15) is 11.1 Å². The first-order valence-electron chi connectivity index (χ1n) is 7.29. The van der Waals surface area contributed by atoms with Crippen molar-refractivity contribution in [2.45, 2.75) is 38.6 Å². The lowest BCUT2D eigenvalue weighted by Crippen LogP contribution is -2.43. The van der Waals surface area contributed by atoms with Gasteiger partial charge in [0.25, 0.3) is 0 Å². The number of methoxy groups -OCH3 is 2. The van der Waals surface area contributed by atoms with Crippen LogP contribution >= 0.6 is 11.3 Å². The molecule has 2 heterocycles. The molecule has 0 aliphatic carbocycles. The van der Waals surface area contributed by atoms with Crippen molar-refractivity contribution in [3.05, 3.63) is 16.1 Å². The highest BCUT2D eigenvalue weighted by Gasteiger charge is 2.27. The van der Waals surface area contributed by atoms with Gasteiger partial charge >= 0.3 is 0 Å². The second-order valence-electron chi connectivity index (χ2n) is 6.34. The van der Waals surface area contributed by atoms with E-state index in [0.29, 0.717) is 0 Å². The lowest BCUT2D eigenvalue weighted by atomic mass is 9.93. The summed E-state index contributed by atoms with van der Waals surface area (Å²) in [6.07, 6.45) is -0.139. The Morgan fingerprint density at radius 2 is 2.14 bits per heavy atom. The lowest BCUT2D eigenvalue weighted by molar-refractivity contribution is -0.131. The Bertz CT molecular complexity index is 440. The van der Waals surface area contributed by atoms with Crippen LogP contribution < -0.4 is 0 Å². The van der Waals surface area contributed by atoms with Crippen LogP contribution in [0.2, 0.25) is 0 Å². The smallest absolute Gasteiger partial charge is 0.169 e. The maximum Gasteiger partial charge on any atom is 0.169 e. The Morgan fingerprint density at radius 1 is 1.43 bits per heavy atom. The summed E-state index contributed by atoms with van der Waals surface area (Å²) < 4.78 is 16.4. The zero-order valence-corrected chi connectivity index (χ0v) is 14.4. The first-order valence-corrected chi connectivity index (χ1v) is 8.17. The average molecular weight is 314 g/mol. The molecule has 6 heteroatoms. The topological polar surface area (TPSA) is 43.8 Å². The fourth-order valence-corrected chi connectivity index (χ4v) is 3.34. The Kier molecular flexibility index (Phi) is 5.73. The summed E-state index contributed by atoms with van der Waals surface area (Å²) in [6, 6.07) is 0. The third-order valence-electron chi connectivity index (χ3n) is 3.65. The van der Waals surface area contributed by atoms with Crippen LogP contribution in [0.5, 0.6) is 0 Å². The van der Waals surface area contributed by atoms with E-state index in [9.17, 15) is 0 Å². The largest absolute Gasteiger partial charge is 0.368 e. The molecule has 21 heavy (non-hydrogen) atoms. The number of hydrogen-bond acceptors (Lipinski definition) is 6. The Balaban J connectivity index is 1.99. The molecule has 0 saturated carbocycles. The fourth-order valence-electron chi connectivity index (χ4n) is 2.25. The monoisotopic (exact) mass is 314 g/mol. The molecule has 0 spiro atoms. The van der Waals surface area contributed by atoms with Gasteiger partial charge in [-0.3, -0.25) is 4.90 Å². The van der Waals surface area contributed by atoms with Gasteiger partial charge in [-0.1, -0.05) is 20.8 Å². The van der Waals surface area contributed by atoms with Crippen molar-refractivity contribution in [1.82, 2.24) is 9.88 Å². The molecule has 120 valence electrons. The second-order valence-corrected chi connectivity index (χ2v) is 7.23. The molecule has 0 aromatic carbocycles. The van der Waals surface area contributed by atoms with E-state index in [1.807, 2.05) is 0 Å². The maximum atomic E-state index is 5.89. The van der Waals surface area contributed by atoms with Gasteiger partial charge in [-0.15, -0.1) is 11.3 Å². The van der Waals surface area contributed by atoms with E-state index in [0.717, 1.165) is 36.9 Å². The number of rotatable bonds is 5. The number of thiazole rings is 1. The van der Waals surface area contributed by atoms with Crippen LogP contribution in [0.15, 0.2) is 5.38 Å². The highest BCUT2D eigenvalue weighted by Crippen LogP contribution is 2.30. The molecule has 5 nitrogen and oxygen atoms in total. The van der Waals surface area contributed by atoms with Gasteiger partial charge in [-0.2, -0.15) is 0 Å². The Hall–Kier alpha value is -0.530. The van der Waals surface area contributed by atoms with Crippen molar-refractivity contribution in [3.63, 3.8) is 0 Å². The first-order chi connectivity index (χ1) is 9.94. The van der Waals surface area contributed by atoms with Crippen LogP contribution in [-0.2, 0) is 19.6 Å². The number of nitrogens with zero attached hydrogens (tertiary/aromatic N) is 2. The van der Waals surface area contributed by atoms with Crippen LogP contribution in [0, 0.1) is 0 Å². The Labute approximate surface area is 131 Å². The molecule has 1 fully saturated rings. The Morgan fingerprint density at radius 3 is 2.71 bits per heavy atom. The standard InChI is InChI=1S/C15H26N2O3S/c1-15(2,3)12-10-21-14(16-12)11-8-17(6-7-20-11)9-13(18-4)19-5/h10-11,13H,6-9H2,1-5H3/t11-/m0/s1. The summed E-state index contributed by atoms with van der Waals surface area (Å²) in [5, 5.41) is 3.21. The van der Waals surface area contributed by atoms with Gasteiger partial charge in [0.15, 0.2) is 6.29 Å². The van der Waals surface area contributed by atoms with E-state index in [1.165, 1.54) is 0 Å². The molecule has 0 N–H and O–H groups in total. The van der Waals surface area contributed by atoms with E-state index in [2.05, 4.69) is 31.1 Å². The van der Waals surface area contributed by atoms with Crippen molar-refractivity contribution in [2.24, 2.45) is 0 Å². The fraction of sp³-hybridized carbons (Fsp3) is 0.800. The normalized spacial score (nSPS) is 21.1. The number of hydrogen-bond donors (Lipinski definition) is 0. The summed E-state index contributed by atoms with van der Waals surface area (Å²) in [5.41, 5.74) is 1.22. The summed E-state index contributed by atoms with van der Waals surface area (Å²) in [5.74, 6) is 0. The van der Waals surface area contributed by atoms with E-state index in [1.54, 1.807) is 25.6 Å². The summed E-state index contributed by atoms with van der Waals surface area (Å²) in [6.45, 7) is 9.75. The third-order valence-corrected chi connectivity index (χ3v) is 4.59. The van der Waals surface area contributed by atoms with Gasteiger partial charge in [-0.05, 0) is 0 Å². The zero-order chi connectivity index (χ0) is 15.5. The first kappa shape index (κ1) is 16.8. The van der Waals surface area contributed by atoms with Crippen LogP contribution in [0.3, 0.4) is 0 Å². The number of ether oxygens (including phenoxy) is 3. The maximum absolute atomic E-state index is 5.89. The molecule has 1 aliphatic heterocycles. The number of aromatic nitrogens is 1. The molecular formula is C15H26N2O3S. The lowest BCUT2D eigenvalue weighted by Gasteiger charge is -2.33. The van der Waals surface area contributed by atoms with E-state index >= 15 is 0 Å². The van der Waals surface area contributed by atoms with Gasteiger partial charge in [0.2, 0.25) is 0 Å². The molecule has 0 bridgehead atoms. The zero-order valence-electron chi connectivity index (χ0n) is 13.6. The molecular weight excluding hydrogens is 288 g/mol. The third kappa shape index (κ3) is 4.47. The molecule has 1 saturated heterocycles. The average Bonchev–Trinajstić information content (AvgIpc) is 2.95. The predicted octanol–water partition coefficient (Wildman–Crippen LogP) is 2.43. The summed E-state index contributed by atoms with van der Waals surface area (Å²) >= 11 is 1.69. The summed E-state index contributed by atoms with van der Waals surface area (Å²) in [7, 11) is 3.34. The molecule has 1 aliphatic rings. The van der Waals surface area contributed by atoms with Crippen molar-refractivity contribution < 1.29 is 14.2 Å². The minimum absolute atomic E-state index is 0.0502. The summed E-state index contributed by atoms with van der Waals surface area (Å²) in [4.78, 5) is 7.07. The predicted molar refractivity (Wildman–Crippen MR) is 83.8 cm³/mol. The number of morpholine rings is 1. The van der Waals surface area contributed by atoms with Crippen molar-refractivity contribution >= 4 is 11.3 Å². The van der Waals surface area contributed by atoms with Crippen LogP contribution in [0.25, 0.3) is 0 Å². The van der Waals surface area contributed by atoms with Crippen LogP contribution in [0.4, 0.5) is 0 Å². The molecule has 0 amide bonds. The van der Waals surface area contributed by atoms with Crippen LogP contribution in [-0.4, -0.2) is 56.6 Å². The van der Waals surface area contributed by atoms with Crippen molar-refractivity contribution in [1.29, 1.82) is 0 Å². The van der Waals surface area contributed by atoms with Crippen molar-refractivity contribution in [2.75, 3.05) is 40.5 Å². The van der Waals surface area contributed by atoms with Gasteiger partial charge in [0.05, 0.1) is 12.3 Å². The molecule has 1 atom stereocenters. The SMILES string of the molecule is COC(CN1CCO[C@H](c2nc(C(C)(C)C)cs2)C1)OC. The van der Waals surface area contributed by atoms with E-state index in [-0.39, 0.29) is 17.8 Å². The second kappa shape index (κ2) is 7.15. The minimum Gasteiger partial charge on any atom is -0.368 e. The molecule has 2 rings (SSSR count). The van der Waals surface area contributed by atoms with Crippen molar-refractivity contribution in [3.8, 4) is 0 Å². The molecule has 0 unspecified atom stereocenters. The highest BCUT2D eigenvalue weighted by molar-refractivity contribution is 7.09. The van der Waals surface area contributed by atoms with E-state index < -0.39 is 0 Å². The van der Waals surface area contributed by atoms with Gasteiger partial charge < -0.3 is 14.2 Å². The minimum atomic E-state index is -0.190. The van der Waals surface area contributed by atoms with Crippen LogP contribution in [0.1, 0.15) is 37.6 Å². The van der Waals surface area contributed by atoms with Gasteiger partial charge in [0, 0.05) is 44.6 Å². The van der Waals surface area contributed by atoms with E-state index in [4.69, 9.17) is 19.2 Å².